The number of carbonyl (C=O) groups excluding carboxylic acids is 1. The second kappa shape index (κ2) is 5.46. The number of aryl methyl sites for hydroxylation is 1. The molecule has 2 aromatic rings. The van der Waals surface area contributed by atoms with Crippen LogP contribution in [-0.4, -0.2) is 13.0 Å². The van der Waals surface area contributed by atoms with Gasteiger partial charge in [-0.3, -0.25) is 4.79 Å². The molecule has 0 bridgehead atoms. The molecule has 1 heterocycles. The summed E-state index contributed by atoms with van der Waals surface area (Å²) < 4.78 is 5.51. The number of benzene rings is 1. The molecule has 0 radical (unpaired) electrons. The van der Waals surface area contributed by atoms with Gasteiger partial charge in [0.25, 0.3) is 5.91 Å². The minimum atomic E-state index is -0.573. The zero-order valence-corrected chi connectivity index (χ0v) is 12.1. The first kappa shape index (κ1) is 14.3. The van der Waals surface area contributed by atoms with Gasteiger partial charge in [-0.2, -0.15) is 0 Å². The van der Waals surface area contributed by atoms with Crippen molar-refractivity contribution in [3.63, 3.8) is 0 Å². The lowest BCUT2D eigenvalue weighted by Crippen LogP contribution is -2.22. The number of nitrogen functional groups attached to an aromatic ring is 1. The fourth-order valence-electron chi connectivity index (χ4n) is 2.08. The van der Waals surface area contributed by atoms with Crippen LogP contribution < -0.4 is 16.4 Å². The van der Waals surface area contributed by atoms with E-state index in [0.717, 1.165) is 11.5 Å². The number of carbonyl (C=O) groups is 1. The maximum Gasteiger partial charge on any atom is 0.250 e. The Labute approximate surface area is 122 Å². The number of furan rings is 1. The molecule has 6 heteroatoms. The average molecular weight is 294 g/mol. The lowest BCUT2D eigenvalue weighted by molar-refractivity contribution is 0.100. The van der Waals surface area contributed by atoms with Crippen molar-refractivity contribution in [3.8, 4) is 0 Å². The number of nitrogens with two attached hydrogens (primary N) is 2. The van der Waals surface area contributed by atoms with E-state index in [4.69, 9.17) is 27.5 Å². The third-order valence-corrected chi connectivity index (χ3v) is 3.21. The van der Waals surface area contributed by atoms with Crippen molar-refractivity contribution in [1.82, 2.24) is 0 Å². The highest BCUT2D eigenvalue weighted by Gasteiger charge is 2.18. The number of hydrogen-bond acceptors (Lipinski definition) is 4. The molecule has 0 spiro atoms. The molecular weight excluding hydrogens is 278 g/mol. The molecule has 0 aliphatic rings. The van der Waals surface area contributed by atoms with E-state index >= 15 is 0 Å². The van der Waals surface area contributed by atoms with Crippen molar-refractivity contribution < 1.29 is 9.21 Å². The van der Waals surface area contributed by atoms with Gasteiger partial charge in [-0.25, -0.2) is 0 Å². The summed E-state index contributed by atoms with van der Waals surface area (Å²) in [6.45, 7) is 2.34. The number of primary amides is 1. The first-order valence-electron chi connectivity index (χ1n) is 6.03. The van der Waals surface area contributed by atoms with E-state index in [9.17, 15) is 4.79 Å². The van der Waals surface area contributed by atoms with Gasteiger partial charge in [-0.15, -0.1) is 0 Å². The van der Waals surface area contributed by atoms with E-state index in [-0.39, 0.29) is 0 Å². The molecule has 1 amide bonds. The highest BCUT2D eigenvalue weighted by atomic mass is 35.5. The maximum absolute atomic E-state index is 11.5. The summed E-state index contributed by atoms with van der Waals surface area (Å²) in [4.78, 5) is 13.4. The van der Waals surface area contributed by atoms with Gasteiger partial charge in [-0.1, -0.05) is 11.6 Å². The van der Waals surface area contributed by atoms with Crippen LogP contribution in [0.5, 0.6) is 0 Å². The predicted octanol–water partition coefficient (Wildman–Crippen LogP) is 2.56. The molecule has 20 heavy (non-hydrogen) atoms. The molecule has 0 unspecified atom stereocenters. The quantitative estimate of drug-likeness (QED) is 0.848. The van der Waals surface area contributed by atoms with Gasteiger partial charge in [0.1, 0.15) is 11.5 Å². The van der Waals surface area contributed by atoms with E-state index < -0.39 is 5.91 Å². The number of amides is 1. The lowest BCUT2D eigenvalue weighted by Gasteiger charge is -2.22. The zero-order valence-electron chi connectivity index (χ0n) is 11.3. The monoisotopic (exact) mass is 293 g/mol. The topological polar surface area (TPSA) is 85.5 Å². The molecule has 0 aliphatic heterocycles. The van der Waals surface area contributed by atoms with Crippen LogP contribution in [0.25, 0.3) is 0 Å². The van der Waals surface area contributed by atoms with Crippen LogP contribution in [0.2, 0.25) is 5.02 Å². The van der Waals surface area contributed by atoms with Crippen LogP contribution >= 0.6 is 11.6 Å². The van der Waals surface area contributed by atoms with Crippen LogP contribution in [0.3, 0.4) is 0 Å². The molecule has 0 fully saturated rings. The van der Waals surface area contributed by atoms with Gasteiger partial charge in [0.05, 0.1) is 22.8 Å². The molecule has 4 N–H and O–H groups in total. The van der Waals surface area contributed by atoms with Crippen molar-refractivity contribution in [3.05, 3.63) is 46.4 Å². The van der Waals surface area contributed by atoms with E-state index in [1.54, 1.807) is 11.0 Å². The number of anilines is 2. The summed E-state index contributed by atoms with van der Waals surface area (Å²) >= 11 is 6.18. The Hall–Kier alpha value is -2.14. The smallest absolute Gasteiger partial charge is 0.250 e. The number of rotatable bonds is 4. The molecule has 0 atom stereocenters. The Kier molecular flexibility index (Phi) is 3.90. The Balaban J connectivity index is 2.38. The Bertz CT molecular complexity index is 652. The van der Waals surface area contributed by atoms with E-state index in [0.29, 0.717) is 28.5 Å². The summed E-state index contributed by atoms with van der Waals surface area (Å²) in [5, 5.41) is 0.379. The largest absolute Gasteiger partial charge is 0.464 e. The van der Waals surface area contributed by atoms with Crippen LogP contribution in [0.15, 0.2) is 28.7 Å². The van der Waals surface area contributed by atoms with Crippen molar-refractivity contribution >= 4 is 28.9 Å². The van der Waals surface area contributed by atoms with Crippen LogP contribution in [0.4, 0.5) is 11.4 Å². The number of nitrogens with zero attached hydrogens (tertiary/aromatic N) is 1. The average Bonchev–Trinajstić information content (AvgIpc) is 2.73. The minimum absolute atomic E-state index is 0.292. The first-order chi connectivity index (χ1) is 9.38. The standard InChI is InChI=1S/C14H16ClN3O2/c1-8-3-4-10(20-8)7-18(2)13-11(14(17)19)5-9(16)6-12(13)15/h3-6H,7,16H2,1-2H3,(H2,17,19). The van der Waals surface area contributed by atoms with Crippen LogP contribution in [-0.2, 0) is 6.54 Å². The van der Waals surface area contributed by atoms with E-state index in [2.05, 4.69) is 0 Å². The molecule has 1 aromatic carbocycles. The predicted molar refractivity (Wildman–Crippen MR) is 79.9 cm³/mol. The van der Waals surface area contributed by atoms with E-state index in [1.807, 2.05) is 26.1 Å². The van der Waals surface area contributed by atoms with Gasteiger partial charge in [0, 0.05) is 12.7 Å². The zero-order chi connectivity index (χ0) is 14.9. The molecular formula is C14H16ClN3O2. The van der Waals surface area contributed by atoms with Crippen molar-refractivity contribution in [2.24, 2.45) is 5.73 Å². The lowest BCUT2D eigenvalue weighted by atomic mass is 10.1. The first-order valence-corrected chi connectivity index (χ1v) is 6.41. The second-order valence-electron chi connectivity index (χ2n) is 4.63. The van der Waals surface area contributed by atoms with Crippen molar-refractivity contribution in [2.45, 2.75) is 13.5 Å². The Morgan fingerprint density at radius 3 is 2.65 bits per heavy atom. The SMILES string of the molecule is Cc1ccc(CN(C)c2c(Cl)cc(N)cc2C(N)=O)o1. The maximum atomic E-state index is 11.5. The second-order valence-corrected chi connectivity index (χ2v) is 5.04. The fourth-order valence-corrected chi connectivity index (χ4v) is 2.45. The van der Waals surface area contributed by atoms with Crippen molar-refractivity contribution in [1.29, 1.82) is 0 Å². The normalized spacial score (nSPS) is 10.6. The third kappa shape index (κ3) is 2.88. The third-order valence-electron chi connectivity index (χ3n) is 2.92. The van der Waals surface area contributed by atoms with Gasteiger partial charge in [0.15, 0.2) is 0 Å². The fraction of sp³-hybridized carbons (Fsp3) is 0.214. The molecule has 106 valence electrons. The number of halogens is 1. The molecule has 2 rings (SSSR count). The molecule has 0 saturated heterocycles. The summed E-state index contributed by atoms with van der Waals surface area (Å²) in [6.07, 6.45) is 0. The van der Waals surface area contributed by atoms with Gasteiger partial charge in [-0.05, 0) is 31.2 Å². The van der Waals surface area contributed by atoms with Crippen LogP contribution in [0, 0.1) is 6.92 Å². The molecule has 0 saturated carbocycles. The summed E-state index contributed by atoms with van der Waals surface area (Å²) in [7, 11) is 1.81. The molecule has 1 aromatic heterocycles. The van der Waals surface area contributed by atoms with Crippen molar-refractivity contribution in [2.75, 3.05) is 17.7 Å². The Morgan fingerprint density at radius 2 is 2.10 bits per heavy atom. The van der Waals surface area contributed by atoms with E-state index in [1.165, 1.54) is 6.07 Å². The van der Waals surface area contributed by atoms with Gasteiger partial charge >= 0.3 is 0 Å². The number of hydrogen-bond donors (Lipinski definition) is 2. The summed E-state index contributed by atoms with van der Waals surface area (Å²) in [5.41, 5.74) is 12.3. The van der Waals surface area contributed by atoms with Gasteiger partial charge in [0.2, 0.25) is 0 Å². The summed E-state index contributed by atoms with van der Waals surface area (Å²) in [6, 6.07) is 6.87. The molecule has 0 aliphatic carbocycles. The highest BCUT2D eigenvalue weighted by Crippen LogP contribution is 2.32. The Morgan fingerprint density at radius 1 is 1.40 bits per heavy atom. The highest BCUT2D eigenvalue weighted by molar-refractivity contribution is 6.34. The summed E-state index contributed by atoms with van der Waals surface area (Å²) in [5.74, 6) is 1.02. The van der Waals surface area contributed by atoms with Gasteiger partial charge < -0.3 is 20.8 Å². The van der Waals surface area contributed by atoms with Crippen LogP contribution in [0.1, 0.15) is 21.9 Å². The minimum Gasteiger partial charge on any atom is -0.464 e. The molecule has 5 nitrogen and oxygen atoms in total.